The molecule has 0 amide bonds. The predicted octanol–water partition coefficient (Wildman–Crippen LogP) is 0.538. The lowest BCUT2D eigenvalue weighted by Gasteiger charge is -2.23. The van der Waals surface area contributed by atoms with E-state index in [0.717, 1.165) is 19.6 Å². The second kappa shape index (κ2) is 2.98. The first-order valence-corrected chi connectivity index (χ1v) is 4.02. The highest BCUT2D eigenvalue weighted by Crippen LogP contribution is 2.14. The van der Waals surface area contributed by atoms with Crippen LogP contribution in [-0.4, -0.2) is 23.2 Å². The first kappa shape index (κ1) is 6.77. The van der Waals surface area contributed by atoms with E-state index in [4.69, 9.17) is 10.5 Å². The minimum atomic E-state index is 0.268. The van der Waals surface area contributed by atoms with Crippen molar-refractivity contribution in [1.82, 2.24) is 0 Å². The second-order valence-corrected chi connectivity index (χ2v) is 3.64. The summed E-state index contributed by atoms with van der Waals surface area (Å²) in [5, 5.41) is 0. The number of rotatable bonds is 0. The fraction of sp³-hybridized carbons (Fsp3) is 1.00. The third kappa shape index (κ3) is 1.56. The topological polar surface area (TPSA) is 35.2 Å². The molecule has 0 aliphatic carbocycles. The second-order valence-electron chi connectivity index (χ2n) is 2.04. The zero-order valence-corrected chi connectivity index (χ0v) is 6.80. The van der Waals surface area contributed by atoms with Crippen LogP contribution in [0.2, 0.25) is 0 Å². The molecule has 1 saturated heterocycles. The number of nitrogens with two attached hydrogens (primary N) is 1. The summed E-state index contributed by atoms with van der Waals surface area (Å²) in [5.74, 6) is 0. The molecule has 2 nitrogen and oxygen atoms in total. The van der Waals surface area contributed by atoms with Gasteiger partial charge in [-0.1, -0.05) is 22.6 Å². The van der Waals surface area contributed by atoms with Crippen molar-refractivity contribution >= 4 is 22.6 Å². The van der Waals surface area contributed by atoms with Gasteiger partial charge in [0.25, 0.3) is 0 Å². The van der Waals surface area contributed by atoms with E-state index in [1.54, 1.807) is 0 Å². The van der Waals surface area contributed by atoms with Gasteiger partial charge in [0, 0.05) is 16.6 Å². The smallest absolute Gasteiger partial charge is 0.0627 e. The van der Waals surface area contributed by atoms with Gasteiger partial charge in [0.1, 0.15) is 0 Å². The van der Waals surface area contributed by atoms with Gasteiger partial charge in [-0.15, -0.1) is 0 Å². The van der Waals surface area contributed by atoms with Crippen LogP contribution in [0.15, 0.2) is 0 Å². The van der Waals surface area contributed by atoms with E-state index in [2.05, 4.69) is 22.6 Å². The number of halogens is 1. The van der Waals surface area contributed by atoms with Crippen molar-refractivity contribution in [3.63, 3.8) is 0 Å². The van der Waals surface area contributed by atoms with E-state index < -0.39 is 0 Å². The van der Waals surface area contributed by atoms with Crippen LogP contribution in [0.5, 0.6) is 0 Å². The molecule has 1 heterocycles. The van der Waals surface area contributed by atoms with E-state index in [0.29, 0.717) is 3.92 Å². The summed E-state index contributed by atoms with van der Waals surface area (Å²) in [4.78, 5) is 0. The SMILES string of the molecule is NC1COCCC1I. The lowest BCUT2D eigenvalue weighted by molar-refractivity contribution is 0.0884. The molecule has 0 saturated carbocycles. The maximum atomic E-state index is 5.65. The van der Waals surface area contributed by atoms with E-state index in [9.17, 15) is 0 Å². The average Bonchev–Trinajstić information content (AvgIpc) is 1.77. The molecule has 1 rings (SSSR count). The number of alkyl halides is 1. The molecule has 1 fully saturated rings. The Morgan fingerprint density at radius 2 is 2.38 bits per heavy atom. The molecule has 1 aliphatic heterocycles. The quantitative estimate of drug-likeness (QED) is 0.484. The Labute approximate surface area is 62.9 Å². The average molecular weight is 227 g/mol. The molecule has 48 valence electrons. The molecule has 2 N–H and O–H groups in total. The fourth-order valence-electron chi connectivity index (χ4n) is 0.734. The molecule has 1 aliphatic rings. The lowest BCUT2D eigenvalue weighted by atomic mass is 10.1. The summed E-state index contributed by atoms with van der Waals surface area (Å²) >= 11 is 2.38. The monoisotopic (exact) mass is 227 g/mol. The van der Waals surface area contributed by atoms with Crippen molar-refractivity contribution in [2.75, 3.05) is 13.2 Å². The first-order chi connectivity index (χ1) is 3.80. The third-order valence-corrected chi connectivity index (χ3v) is 2.86. The van der Waals surface area contributed by atoms with Gasteiger partial charge in [-0.2, -0.15) is 0 Å². The molecular weight excluding hydrogens is 217 g/mol. The molecule has 2 unspecified atom stereocenters. The molecule has 0 radical (unpaired) electrons. The van der Waals surface area contributed by atoms with Gasteiger partial charge in [-0.05, 0) is 6.42 Å². The Morgan fingerprint density at radius 1 is 1.62 bits per heavy atom. The summed E-state index contributed by atoms with van der Waals surface area (Å²) in [6, 6.07) is 0.268. The minimum Gasteiger partial charge on any atom is -0.380 e. The Kier molecular flexibility index (Phi) is 2.52. The Morgan fingerprint density at radius 3 is 2.75 bits per heavy atom. The lowest BCUT2D eigenvalue weighted by Crippen LogP contribution is -2.39. The molecule has 0 spiro atoms. The zero-order chi connectivity index (χ0) is 5.98. The standard InChI is InChI=1S/C5H10INO/c6-4-1-2-8-3-5(4)7/h4-5H,1-3,7H2. The molecule has 0 aromatic heterocycles. The number of hydrogen-bond acceptors (Lipinski definition) is 2. The molecular formula is C5H10INO. The Hall–Kier alpha value is 0.650. The van der Waals surface area contributed by atoms with Crippen LogP contribution >= 0.6 is 22.6 Å². The van der Waals surface area contributed by atoms with Crippen LogP contribution in [0.3, 0.4) is 0 Å². The largest absolute Gasteiger partial charge is 0.380 e. The normalized spacial score (nSPS) is 39.8. The number of hydrogen-bond donors (Lipinski definition) is 1. The highest BCUT2D eigenvalue weighted by molar-refractivity contribution is 14.1. The van der Waals surface area contributed by atoms with E-state index in [-0.39, 0.29) is 6.04 Å². The maximum Gasteiger partial charge on any atom is 0.0627 e. The molecule has 0 aromatic carbocycles. The molecule has 0 aromatic rings. The fourth-order valence-corrected chi connectivity index (χ4v) is 1.20. The summed E-state index contributed by atoms with van der Waals surface area (Å²) < 4.78 is 5.75. The van der Waals surface area contributed by atoms with Gasteiger partial charge in [-0.3, -0.25) is 0 Å². The van der Waals surface area contributed by atoms with Gasteiger partial charge in [0.05, 0.1) is 6.61 Å². The van der Waals surface area contributed by atoms with Gasteiger partial charge in [0.15, 0.2) is 0 Å². The molecule has 2 atom stereocenters. The summed E-state index contributed by atoms with van der Waals surface area (Å²) in [6.45, 7) is 1.63. The third-order valence-electron chi connectivity index (χ3n) is 1.31. The van der Waals surface area contributed by atoms with Gasteiger partial charge in [-0.25, -0.2) is 0 Å². The van der Waals surface area contributed by atoms with E-state index in [1.807, 2.05) is 0 Å². The number of ether oxygens (including phenoxy) is 1. The van der Waals surface area contributed by atoms with Crippen LogP contribution in [0.4, 0.5) is 0 Å². The highest BCUT2D eigenvalue weighted by Gasteiger charge is 2.18. The van der Waals surface area contributed by atoms with E-state index >= 15 is 0 Å². The van der Waals surface area contributed by atoms with Crippen LogP contribution < -0.4 is 5.73 Å². The van der Waals surface area contributed by atoms with Crippen molar-refractivity contribution in [2.24, 2.45) is 5.73 Å². The van der Waals surface area contributed by atoms with Crippen LogP contribution in [-0.2, 0) is 4.74 Å². The molecule has 3 heteroatoms. The maximum absolute atomic E-state index is 5.65. The highest BCUT2D eigenvalue weighted by atomic mass is 127. The van der Waals surface area contributed by atoms with Crippen LogP contribution in [0.25, 0.3) is 0 Å². The van der Waals surface area contributed by atoms with Gasteiger partial charge < -0.3 is 10.5 Å². The Balaban J connectivity index is 2.28. The van der Waals surface area contributed by atoms with Crippen molar-refractivity contribution in [3.8, 4) is 0 Å². The Bertz CT molecular complexity index is 68.8. The summed E-state index contributed by atoms with van der Waals surface area (Å²) in [6.07, 6.45) is 1.11. The van der Waals surface area contributed by atoms with Gasteiger partial charge in [0.2, 0.25) is 0 Å². The van der Waals surface area contributed by atoms with Crippen molar-refractivity contribution in [2.45, 2.75) is 16.4 Å². The van der Waals surface area contributed by atoms with Gasteiger partial charge >= 0.3 is 0 Å². The summed E-state index contributed by atoms with van der Waals surface area (Å²) in [7, 11) is 0. The van der Waals surface area contributed by atoms with Crippen LogP contribution in [0.1, 0.15) is 6.42 Å². The first-order valence-electron chi connectivity index (χ1n) is 2.78. The minimum absolute atomic E-state index is 0.268. The zero-order valence-electron chi connectivity index (χ0n) is 4.64. The molecule has 8 heavy (non-hydrogen) atoms. The van der Waals surface area contributed by atoms with E-state index in [1.165, 1.54) is 0 Å². The van der Waals surface area contributed by atoms with Crippen molar-refractivity contribution in [1.29, 1.82) is 0 Å². The predicted molar refractivity (Wildman–Crippen MR) is 41.2 cm³/mol. The van der Waals surface area contributed by atoms with Crippen LogP contribution in [0, 0.1) is 0 Å². The summed E-state index contributed by atoms with van der Waals surface area (Å²) in [5.41, 5.74) is 5.65. The van der Waals surface area contributed by atoms with Crippen molar-refractivity contribution in [3.05, 3.63) is 0 Å². The van der Waals surface area contributed by atoms with Crippen molar-refractivity contribution < 1.29 is 4.74 Å². The molecule has 0 bridgehead atoms.